The zero-order valence-electron chi connectivity index (χ0n) is 10.1. The van der Waals surface area contributed by atoms with Gasteiger partial charge in [0.2, 0.25) is 0 Å². The minimum absolute atomic E-state index is 0.166. The molecule has 1 aliphatic rings. The predicted octanol–water partition coefficient (Wildman–Crippen LogP) is 2.06. The van der Waals surface area contributed by atoms with Crippen molar-refractivity contribution in [3.63, 3.8) is 0 Å². The van der Waals surface area contributed by atoms with Crippen LogP contribution >= 0.6 is 0 Å². The Morgan fingerprint density at radius 3 is 3.00 bits per heavy atom. The van der Waals surface area contributed by atoms with E-state index in [1.54, 1.807) is 0 Å². The van der Waals surface area contributed by atoms with Crippen molar-refractivity contribution < 1.29 is 9.53 Å². The normalized spacial score (nSPS) is 16.8. The Hall–Kier alpha value is -0.801. The van der Waals surface area contributed by atoms with Crippen LogP contribution in [0, 0.1) is 0 Å². The summed E-state index contributed by atoms with van der Waals surface area (Å²) in [7, 11) is 0. The van der Waals surface area contributed by atoms with E-state index in [9.17, 15) is 4.79 Å². The predicted molar refractivity (Wildman–Crippen MR) is 67.6 cm³/mol. The molecule has 0 aliphatic heterocycles. The summed E-state index contributed by atoms with van der Waals surface area (Å²) < 4.78 is 6.01. The molecule has 1 aliphatic carbocycles. The Bertz CT molecular complexity index is 372. The molecule has 1 heterocycles. The molecule has 94 valence electrons. The van der Waals surface area contributed by atoms with Crippen LogP contribution in [0.5, 0.6) is 0 Å². The summed E-state index contributed by atoms with van der Waals surface area (Å²) in [4.78, 5) is 15.8. The second-order valence-electron chi connectivity index (χ2n) is 4.23. The van der Waals surface area contributed by atoms with E-state index in [0.29, 0.717) is 18.3 Å². The van der Waals surface area contributed by atoms with Gasteiger partial charge in [-0.1, -0.05) is 0 Å². The van der Waals surface area contributed by atoms with Crippen LogP contribution in [0.15, 0.2) is 5.07 Å². The number of carbonyl (C=O) groups is 1. The van der Waals surface area contributed by atoms with E-state index in [0.717, 1.165) is 4.56 Å². The SMILES string of the molecule is CCOC(=O)c1nc[se]c1NC1CCCCC1. The number of hydrogen-bond acceptors (Lipinski definition) is 4. The van der Waals surface area contributed by atoms with Crippen molar-refractivity contribution in [3.8, 4) is 0 Å². The second kappa shape index (κ2) is 6.22. The molecule has 0 unspecified atom stereocenters. The number of anilines is 1. The third kappa shape index (κ3) is 3.33. The van der Waals surface area contributed by atoms with Crippen molar-refractivity contribution in [1.82, 2.24) is 4.98 Å². The standard InChI is InChI=1S/C12H18N2O2Se/c1-2-16-12(15)10-11(17-8-13-10)14-9-6-4-3-5-7-9/h8-9,14H,2-7H2,1H3. The van der Waals surface area contributed by atoms with E-state index in [1.807, 2.05) is 12.0 Å². The molecular weight excluding hydrogens is 283 g/mol. The van der Waals surface area contributed by atoms with Crippen molar-refractivity contribution in [2.75, 3.05) is 11.9 Å². The summed E-state index contributed by atoms with van der Waals surface area (Å²) in [6.45, 7) is 2.22. The average Bonchev–Trinajstić information content (AvgIpc) is 2.79. The van der Waals surface area contributed by atoms with Crippen molar-refractivity contribution in [1.29, 1.82) is 0 Å². The number of esters is 1. The van der Waals surface area contributed by atoms with E-state index in [4.69, 9.17) is 4.74 Å². The number of hydrogen-bond donors (Lipinski definition) is 1. The third-order valence-electron chi connectivity index (χ3n) is 2.98. The summed E-state index contributed by atoms with van der Waals surface area (Å²) >= 11 is 0.166. The van der Waals surface area contributed by atoms with Gasteiger partial charge in [-0.2, -0.15) is 0 Å². The number of nitrogens with zero attached hydrogens (tertiary/aromatic N) is 1. The van der Waals surface area contributed by atoms with Gasteiger partial charge in [0.15, 0.2) is 0 Å². The van der Waals surface area contributed by atoms with Gasteiger partial charge in [0.05, 0.1) is 0 Å². The molecule has 4 nitrogen and oxygen atoms in total. The second-order valence-corrected chi connectivity index (χ2v) is 6.02. The van der Waals surface area contributed by atoms with Gasteiger partial charge in [0, 0.05) is 0 Å². The fraction of sp³-hybridized carbons (Fsp3) is 0.667. The van der Waals surface area contributed by atoms with Crippen molar-refractivity contribution in [3.05, 3.63) is 10.8 Å². The molecule has 1 aromatic rings. The molecule has 5 heteroatoms. The molecule has 0 radical (unpaired) electrons. The molecule has 0 saturated heterocycles. The summed E-state index contributed by atoms with van der Waals surface area (Å²) in [5.74, 6) is -0.290. The van der Waals surface area contributed by atoms with Crippen LogP contribution < -0.4 is 5.32 Å². The van der Waals surface area contributed by atoms with Crippen LogP contribution in [0.1, 0.15) is 49.5 Å². The maximum atomic E-state index is 11.7. The molecule has 1 N–H and O–H groups in total. The summed E-state index contributed by atoms with van der Waals surface area (Å²) in [6, 6.07) is 0.520. The van der Waals surface area contributed by atoms with E-state index in [2.05, 4.69) is 10.3 Å². The van der Waals surface area contributed by atoms with Crippen LogP contribution in [0.25, 0.3) is 0 Å². The first-order valence-electron chi connectivity index (χ1n) is 6.18. The summed E-state index contributed by atoms with van der Waals surface area (Å²) in [5.41, 5.74) is 0.498. The van der Waals surface area contributed by atoms with Gasteiger partial charge < -0.3 is 0 Å². The Balaban J connectivity index is 2.00. The number of ether oxygens (including phenoxy) is 1. The van der Waals surface area contributed by atoms with Gasteiger partial charge in [-0.05, 0) is 0 Å². The molecule has 0 aromatic carbocycles. The van der Waals surface area contributed by atoms with Crippen LogP contribution in [-0.2, 0) is 4.74 Å². The van der Waals surface area contributed by atoms with E-state index in [-0.39, 0.29) is 20.5 Å². The third-order valence-corrected chi connectivity index (χ3v) is 4.57. The Labute approximate surface area is 108 Å². The van der Waals surface area contributed by atoms with Crippen molar-refractivity contribution >= 4 is 25.0 Å². The molecule has 0 amide bonds. The van der Waals surface area contributed by atoms with E-state index in [1.165, 1.54) is 32.1 Å². The van der Waals surface area contributed by atoms with Crippen LogP contribution in [0.3, 0.4) is 0 Å². The zero-order valence-corrected chi connectivity index (χ0v) is 11.8. The summed E-state index contributed by atoms with van der Waals surface area (Å²) in [5, 5.41) is 5.33. The van der Waals surface area contributed by atoms with Gasteiger partial charge in [-0.3, -0.25) is 0 Å². The van der Waals surface area contributed by atoms with Crippen molar-refractivity contribution in [2.24, 2.45) is 0 Å². The molecule has 1 fully saturated rings. The maximum absolute atomic E-state index is 11.7. The fourth-order valence-corrected chi connectivity index (χ4v) is 3.69. The number of carbonyl (C=O) groups excluding carboxylic acids is 1. The zero-order chi connectivity index (χ0) is 12.1. The van der Waals surface area contributed by atoms with Gasteiger partial charge in [-0.15, -0.1) is 0 Å². The van der Waals surface area contributed by atoms with Gasteiger partial charge in [0.25, 0.3) is 0 Å². The van der Waals surface area contributed by atoms with Gasteiger partial charge >= 0.3 is 107 Å². The van der Waals surface area contributed by atoms with Gasteiger partial charge in [0.1, 0.15) is 0 Å². The fourth-order valence-electron chi connectivity index (χ4n) is 2.13. The molecule has 0 spiro atoms. The molecular formula is C12H18N2O2Se. The monoisotopic (exact) mass is 302 g/mol. The average molecular weight is 301 g/mol. The number of rotatable bonds is 4. The van der Waals surface area contributed by atoms with Crippen molar-refractivity contribution in [2.45, 2.75) is 45.1 Å². The molecule has 0 bridgehead atoms. The Morgan fingerprint density at radius 2 is 2.29 bits per heavy atom. The number of aromatic nitrogens is 1. The molecule has 1 saturated carbocycles. The Morgan fingerprint density at radius 1 is 1.53 bits per heavy atom. The topological polar surface area (TPSA) is 51.2 Å². The molecule has 17 heavy (non-hydrogen) atoms. The van der Waals surface area contributed by atoms with Crippen LogP contribution in [-0.4, -0.2) is 38.1 Å². The summed E-state index contributed by atoms with van der Waals surface area (Å²) in [6.07, 6.45) is 6.32. The van der Waals surface area contributed by atoms with Crippen LogP contribution in [0.2, 0.25) is 0 Å². The van der Waals surface area contributed by atoms with Crippen LogP contribution in [0.4, 0.5) is 4.56 Å². The number of nitrogens with one attached hydrogen (secondary N) is 1. The first-order chi connectivity index (χ1) is 8.31. The van der Waals surface area contributed by atoms with E-state index < -0.39 is 0 Å². The Kier molecular flexibility index (Phi) is 4.63. The first-order valence-corrected chi connectivity index (χ1v) is 8.03. The molecule has 2 rings (SSSR count). The molecule has 0 atom stereocenters. The first kappa shape index (κ1) is 12.7. The van der Waals surface area contributed by atoms with E-state index >= 15 is 0 Å². The van der Waals surface area contributed by atoms with Gasteiger partial charge in [-0.25, -0.2) is 0 Å². The quantitative estimate of drug-likeness (QED) is 0.683. The molecule has 1 aromatic heterocycles. The minimum atomic E-state index is -0.290.